The smallest absolute Gasteiger partial charge is 0.243 e. The number of pyridine rings is 2. The minimum Gasteiger partial charge on any atom is -0.382 e. The lowest BCUT2D eigenvalue weighted by molar-refractivity contribution is -0.118. The minimum absolute atomic E-state index is 0.122. The molecule has 6 rings (SSSR count). The molecule has 0 unspecified atom stereocenters. The van der Waals surface area contributed by atoms with Crippen LogP contribution in [0.3, 0.4) is 0 Å². The highest BCUT2D eigenvalue weighted by molar-refractivity contribution is 7.09. The molecular weight excluding hydrogens is 560 g/mol. The molecule has 6 aromatic rings. The Hall–Kier alpha value is -5.20. The second-order valence-electron chi connectivity index (χ2n) is 9.67. The first-order valence-corrected chi connectivity index (χ1v) is 14.4. The van der Waals surface area contributed by atoms with Gasteiger partial charge in [0.2, 0.25) is 5.91 Å². The minimum atomic E-state index is -0.402. The van der Waals surface area contributed by atoms with Crippen LogP contribution >= 0.6 is 11.3 Å². The average Bonchev–Trinajstić information content (AvgIpc) is 3.77. The number of aryl methyl sites for hydroxylation is 2. The Morgan fingerprint density at radius 3 is 2.07 bits per heavy atom. The molecule has 5 aromatic heterocycles. The molecule has 11 nitrogen and oxygen atoms in total. The van der Waals surface area contributed by atoms with E-state index in [9.17, 15) is 4.79 Å². The number of hydrogen-bond acceptors (Lipinski definition) is 9. The van der Waals surface area contributed by atoms with E-state index < -0.39 is 6.04 Å². The Kier molecular flexibility index (Phi) is 9.62. The first-order valence-electron chi connectivity index (χ1n) is 13.6. The third kappa shape index (κ3) is 7.97. The predicted octanol–water partition coefficient (Wildman–Crippen LogP) is 4.34. The van der Waals surface area contributed by atoms with Crippen molar-refractivity contribution < 1.29 is 4.79 Å². The van der Waals surface area contributed by atoms with Crippen LogP contribution in [0.15, 0.2) is 103 Å². The molecule has 0 bridgehead atoms. The van der Waals surface area contributed by atoms with Crippen LogP contribution < -0.4 is 16.4 Å². The number of benzene rings is 1. The van der Waals surface area contributed by atoms with Crippen molar-refractivity contribution in [2.45, 2.75) is 19.0 Å². The van der Waals surface area contributed by atoms with Crippen molar-refractivity contribution in [3.8, 4) is 22.5 Å². The zero-order valence-electron chi connectivity index (χ0n) is 23.8. The van der Waals surface area contributed by atoms with Crippen molar-refractivity contribution in [2.24, 2.45) is 14.1 Å². The van der Waals surface area contributed by atoms with Crippen molar-refractivity contribution in [2.75, 3.05) is 11.1 Å². The molecule has 1 amide bonds. The summed E-state index contributed by atoms with van der Waals surface area (Å²) in [5, 5.41) is 14.8. The standard InChI is InChI=1S/C22H22N6OS.C9H10N4/c1-28-20(17-7-9-23-10-8-17)12-21(27-28)26-22(29)19(11-16-5-3-2-4-6-16)25-14-18-13-24-15-30-18;1-13-8(6-9(10)12-13)7-2-4-11-5-3-7/h2-10,12-13,15,19,25H,11,14H2,1H3,(H,26,27,29);2-6H,1H3,(H2,10,12)/t19-;/m0./s1. The van der Waals surface area contributed by atoms with Crippen LogP contribution in [0.4, 0.5) is 11.6 Å². The number of nitrogens with one attached hydrogen (secondary N) is 2. The Labute approximate surface area is 253 Å². The van der Waals surface area contributed by atoms with Gasteiger partial charge in [0, 0.05) is 79.8 Å². The van der Waals surface area contributed by atoms with Gasteiger partial charge in [-0.1, -0.05) is 30.3 Å². The molecule has 1 aromatic carbocycles. The molecule has 4 N–H and O–H groups in total. The van der Waals surface area contributed by atoms with E-state index >= 15 is 0 Å². The molecular formula is C31H32N10OS. The summed E-state index contributed by atoms with van der Waals surface area (Å²) in [7, 11) is 3.72. The van der Waals surface area contributed by atoms with Gasteiger partial charge in [0.15, 0.2) is 5.82 Å². The third-order valence-electron chi connectivity index (χ3n) is 6.59. The number of rotatable bonds is 9. The maximum absolute atomic E-state index is 13.1. The number of thiazole rings is 1. The zero-order chi connectivity index (χ0) is 30.0. The van der Waals surface area contributed by atoms with E-state index in [0.29, 0.717) is 24.6 Å². The molecule has 1 atom stereocenters. The lowest BCUT2D eigenvalue weighted by atomic mass is 10.1. The number of nitrogens with zero attached hydrogens (tertiary/aromatic N) is 7. The van der Waals surface area contributed by atoms with Gasteiger partial charge in [-0.3, -0.25) is 29.1 Å². The van der Waals surface area contributed by atoms with Gasteiger partial charge < -0.3 is 16.4 Å². The van der Waals surface area contributed by atoms with Gasteiger partial charge in [-0.2, -0.15) is 10.2 Å². The monoisotopic (exact) mass is 592 g/mol. The largest absolute Gasteiger partial charge is 0.382 e. The van der Waals surface area contributed by atoms with E-state index in [4.69, 9.17) is 5.73 Å². The van der Waals surface area contributed by atoms with Gasteiger partial charge in [-0.15, -0.1) is 11.3 Å². The van der Waals surface area contributed by atoms with E-state index in [1.807, 2.05) is 87.0 Å². The van der Waals surface area contributed by atoms with Crippen LogP contribution in [0, 0.1) is 0 Å². The van der Waals surface area contributed by atoms with E-state index in [1.54, 1.807) is 51.0 Å². The van der Waals surface area contributed by atoms with Crippen LogP contribution in [0.25, 0.3) is 22.5 Å². The molecule has 43 heavy (non-hydrogen) atoms. The lowest BCUT2D eigenvalue weighted by Crippen LogP contribution is -2.41. The molecule has 0 radical (unpaired) electrons. The van der Waals surface area contributed by atoms with Crippen LogP contribution in [-0.4, -0.2) is 46.5 Å². The Morgan fingerprint density at radius 2 is 1.49 bits per heavy atom. The Balaban J connectivity index is 0.000000235. The zero-order valence-corrected chi connectivity index (χ0v) is 24.6. The topological polar surface area (TPSA) is 141 Å². The van der Waals surface area contributed by atoms with Crippen molar-refractivity contribution in [3.05, 3.63) is 114 Å². The van der Waals surface area contributed by atoms with Gasteiger partial charge in [0.05, 0.1) is 22.9 Å². The van der Waals surface area contributed by atoms with Gasteiger partial charge in [-0.25, -0.2) is 0 Å². The van der Waals surface area contributed by atoms with Crippen molar-refractivity contribution >= 4 is 28.9 Å². The van der Waals surface area contributed by atoms with Gasteiger partial charge in [0.1, 0.15) is 5.82 Å². The van der Waals surface area contributed by atoms with Crippen LogP contribution in [0.2, 0.25) is 0 Å². The highest BCUT2D eigenvalue weighted by atomic mass is 32.1. The summed E-state index contributed by atoms with van der Waals surface area (Å²) in [6, 6.07) is 21.0. The maximum atomic E-state index is 13.1. The maximum Gasteiger partial charge on any atom is 0.243 e. The highest BCUT2D eigenvalue weighted by Gasteiger charge is 2.20. The van der Waals surface area contributed by atoms with E-state index in [1.165, 1.54) is 0 Å². The number of anilines is 2. The summed E-state index contributed by atoms with van der Waals surface area (Å²) in [4.78, 5) is 26.3. The number of nitrogens with two attached hydrogens (primary N) is 1. The quantitative estimate of drug-likeness (QED) is 0.225. The molecule has 0 saturated heterocycles. The molecule has 0 aliphatic rings. The fourth-order valence-corrected chi connectivity index (χ4v) is 5.02. The molecule has 0 aliphatic carbocycles. The summed E-state index contributed by atoms with van der Waals surface area (Å²) in [5.41, 5.74) is 12.4. The van der Waals surface area contributed by atoms with E-state index in [2.05, 4.69) is 35.8 Å². The molecule has 12 heteroatoms. The van der Waals surface area contributed by atoms with Gasteiger partial charge >= 0.3 is 0 Å². The van der Waals surface area contributed by atoms with E-state index in [0.717, 1.165) is 33.0 Å². The molecule has 0 saturated carbocycles. The van der Waals surface area contributed by atoms with Crippen molar-refractivity contribution in [3.63, 3.8) is 0 Å². The third-order valence-corrected chi connectivity index (χ3v) is 7.37. The number of aromatic nitrogens is 7. The molecule has 0 aliphatic heterocycles. The van der Waals surface area contributed by atoms with Gasteiger partial charge in [0.25, 0.3) is 0 Å². The van der Waals surface area contributed by atoms with Crippen LogP contribution in [-0.2, 0) is 31.9 Å². The first kappa shape index (κ1) is 29.3. The second kappa shape index (κ2) is 14.1. The fourth-order valence-electron chi connectivity index (χ4n) is 4.48. The summed E-state index contributed by atoms with van der Waals surface area (Å²) in [6.45, 7) is 0.583. The number of amides is 1. The van der Waals surface area contributed by atoms with Crippen molar-refractivity contribution in [1.29, 1.82) is 0 Å². The fraction of sp³-hybridized carbons (Fsp3) is 0.161. The number of carbonyl (C=O) groups is 1. The summed E-state index contributed by atoms with van der Waals surface area (Å²) >= 11 is 1.56. The number of carbonyl (C=O) groups excluding carboxylic acids is 1. The van der Waals surface area contributed by atoms with E-state index in [-0.39, 0.29) is 5.91 Å². The Morgan fingerprint density at radius 1 is 0.860 bits per heavy atom. The molecule has 0 spiro atoms. The van der Waals surface area contributed by atoms with Crippen molar-refractivity contribution in [1.82, 2.24) is 39.8 Å². The van der Waals surface area contributed by atoms with Gasteiger partial charge in [-0.05, 0) is 36.2 Å². The van der Waals surface area contributed by atoms with Crippen LogP contribution in [0.5, 0.6) is 0 Å². The molecule has 5 heterocycles. The first-order chi connectivity index (χ1) is 21.0. The summed E-state index contributed by atoms with van der Waals surface area (Å²) < 4.78 is 3.51. The SMILES string of the molecule is Cn1nc(N)cc1-c1ccncc1.Cn1nc(NC(=O)[C@H](Cc2ccccc2)NCc2cncs2)cc1-c1ccncc1. The van der Waals surface area contributed by atoms with Crippen LogP contribution in [0.1, 0.15) is 10.4 Å². The number of nitrogen functional groups attached to an aromatic ring is 1. The highest BCUT2D eigenvalue weighted by Crippen LogP contribution is 2.22. The number of hydrogen-bond donors (Lipinski definition) is 3. The normalized spacial score (nSPS) is 11.4. The predicted molar refractivity (Wildman–Crippen MR) is 169 cm³/mol. The second-order valence-corrected chi connectivity index (χ2v) is 10.6. The molecule has 218 valence electrons. The summed E-state index contributed by atoms with van der Waals surface area (Å²) in [5.74, 6) is 0.934. The summed E-state index contributed by atoms with van der Waals surface area (Å²) in [6.07, 6.45) is 9.36. The lowest BCUT2D eigenvalue weighted by Gasteiger charge is -2.17. The molecule has 0 fully saturated rings. The Bertz CT molecular complexity index is 1720. The average molecular weight is 593 g/mol.